The van der Waals surface area contributed by atoms with Crippen LogP contribution >= 0.6 is 23.5 Å². The first-order chi connectivity index (χ1) is 22.4. The van der Waals surface area contributed by atoms with Crippen molar-refractivity contribution in [1.29, 1.82) is 0 Å². The van der Waals surface area contributed by atoms with Gasteiger partial charge in [0, 0.05) is 35.6 Å². The average molecular weight is 765 g/mol. The zero-order chi connectivity index (χ0) is 35.2. The number of hydrogen-bond acceptors (Lipinski definition) is 19. The number of aromatic nitrogens is 5. The zero-order valence-corrected chi connectivity index (χ0v) is 29.5. The molecule has 1 radical (unpaired) electrons. The fourth-order valence-corrected chi connectivity index (χ4v) is 7.38. The maximum atomic E-state index is 12.4. The van der Waals surface area contributed by atoms with Crippen LogP contribution in [0.15, 0.2) is 37.2 Å². The van der Waals surface area contributed by atoms with Crippen LogP contribution in [0.3, 0.4) is 0 Å². The number of imidazole rings is 1. The maximum Gasteiger partial charge on any atom is 0.470 e. The second-order valence-corrected chi connectivity index (χ2v) is 14.4. The van der Waals surface area contributed by atoms with Crippen molar-refractivity contribution >= 4 is 75.9 Å². The van der Waals surface area contributed by atoms with Crippen LogP contribution in [0.25, 0.3) is 11.2 Å². The monoisotopic (exact) mass is 765 g/mol. The summed E-state index contributed by atoms with van der Waals surface area (Å²) in [7, 11) is -16.9. The zero-order valence-electron chi connectivity index (χ0n) is 24.9. The summed E-state index contributed by atoms with van der Waals surface area (Å²) in [5.41, 5.74) is 11.0. The van der Waals surface area contributed by atoms with Gasteiger partial charge in [-0.2, -0.15) is 4.57 Å². The predicted molar refractivity (Wildman–Crippen MR) is 152 cm³/mol. The van der Waals surface area contributed by atoms with E-state index in [1.54, 1.807) is 0 Å². The molecule has 1 amide bonds. The number of primary amides is 1. The van der Waals surface area contributed by atoms with E-state index in [1.807, 2.05) is 0 Å². The fraction of sp³-hybridized carbons (Fsp3) is 0.476. The molecule has 0 aromatic carbocycles. The average Bonchev–Trinajstić information content (AvgIpc) is 3.64. The number of carbonyl (C=O) groups is 1. The molecule has 265 valence electrons. The normalized spacial score (nSPS) is 29.7. The number of phosphoric ester groups is 3. The Kier molecular flexibility index (Phi) is 12.5. The molecule has 0 saturated carbocycles. The van der Waals surface area contributed by atoms with E-state index in [2.05, 4.69) is 32.8 Å². The molecule has 3 aromatic heterocycles. The van der Waals surface area contributed by atoms with E-state index in [9.17, 15) is 53.4 Å². The number of pyridine rings is 1. The molecular formula is C21H27N7NaO17P3-. The SMILES string of the molecule is NC(=O)c1ccc[n+]([C@@H]2O[C@H](COP(=O)([O-])OP(=O)([O-])OC[C@H]3O[C@@H](n4cnc5c(N)ncnc54)[C@H](OP(=O)(O)O)[C@@H]3O)[C@@H](O)[C@H]2O)c1.[Na]. The van der Waals surface area contributed by atoms with Gasteiger partial charge >= 0.3 is 7.82 Å². The second kappa shape index (κ2) is 15.4. The van der Waals surface area contributed by atoms with E-state index in [-0.39, 0.29) is 52.1 Å². The number of ether oxygens (including phenoxy) is 2. The van der Waals surface area contributed by atoms with E-state index >= 15 is 0 Å². The van der Waals surface area contributed by atoms with E-state index < -0.39 is 91.7 Å². The molecular weight excluding hydrogens is 738 g/mol. The van der Waals surface area contributed by atoms with Crippen LogP contribution in [0.2, 0.25) is 0 Å². The summed E-state index contributed by atoms with van der Waals surface area (Å²) < 4.78 is 67.4. The molecule has 10 atom stereocenters. The van der Waals surface area contributed by atoms with Gasteiger partial charge in [0.15, 0.2) is 36.2 Å². The molecule has 28 heteroatoms. The first kappa shape index (κ1) is 39.9. The second-order valence-electron chi connectivity index (χ2n) is 10.2. The van der Waals surface area contributed by atoms with Crippen LogP contribution in [-0.2, 0) is 41.1 Å². The first-order valence-corrected chi connectivity index (χ1v) is 17.8. The predicted octanol–water partition coefficient (Wildman–Crippen LogP) is -4.54. The summed E-state index contributed by atoms with van der Waals surface area (Å²) in [5.74, 6) is -0.876. The van der Waals surface area contributed by atoms with Crippen LogP contribution < -0.4 is 25.8 Å². The van der Waals surface area contributed by atoms with E-state index in [0.717, 1.165) is 17.2 Å². The Balaban J connectivity index is 0.00000541. The van der Waals surface area contributed by atoms with Crippen LogP contribution in [0.1, 0.15) is 22.8 Å². The van der Waals surface area contributed by atoms with Gasteiger partial charge in [0.2, 0.25) is 0 Å². The number of anilines is 1. The number of nitrogens with zero attached hydrogens (tertiary/aromatic N) is 5. The van der Waals surface area contributed by atoms with Crippen LogP contribution in [-0.4, -0.2) is 130 Å². The Bertz CT molecular complexity index is 1820. The quantitative estimate of drug-likeness (QED) is 0.0489. The van der Waals surface area contributed by atoms with Gasteiger partial charge in [-0.1, -0.05) is 0 Å². The van der Waals surface area contributed by atoms with E-state index in [4.69, 9.17) is 20.9 Å². The molecule has 0 spiro atoms. The molecule has 5 rings (SSSR count). The van der Waals surface area contributed by atoms with Gasteiger partial charge in [0.25, 0.3) is 27.8 Å². The van der Waals surface area contributed by atoms with Gasteiger partial charge in [-0.15, -0.1) is 0 Å². The first-order valence-electron chi connectivity index (χ1n) is 13.3. The summed E-state index contributed by atoms with van der Waals surface area (Å²) >= 11 is 0. The van der Waals surface area contributed by atoms with Crippen molar-refractivity contribution in [3.8, 4) is 0 Å². The Hall–Kier alpha value is -1.86. The number of aliphatic hydroxyl groups is 3. The topological polar surface area (TPSA) is 370 Å². The Morgan fingerprint density at radius 2 is 1.63 bits per heavy atom. The van der Waals surface area contributed by atoms with Gasteiger partial charge in [-0.3, -0.25) is 23.0 Å². The standard InChI is InChI=1S/C21H28N7O17P3.Na/c22-17-12-19(25-7-24-17)28(8-26-12)21-16(44-46(33,34)35)14(30)11(43-21)6-41-48(38,39)45-47(36,37)40-5-10-13(29)15(31)20(42-10)27-3-1-2-9(4-27)18(23)32;/h1-4,7-8,10-11,13-16,20-21,29-31H,5-6H2,(H7-,22,23,24,25,32,33,34,35,36,37,38,39);/p-1/t10-,11-,13-,14-,15-,16-,20-,21-;/m1./s1. The summed E-state index contributed by atoms with van der Waals surface area (Å²) in [4.78, 5) is 66.6. The van der Waals surface area contributed by atoms with Gasteiger partial charge in [-0.05, 0) is 6.07 Å². The van der Waals surface area contributed by atoms with E-state index in [1.165, 1.54) is 29.1 Å². The van der Waals surface area contributed by atoms with Crippen molar-refractivity contribution in [1.82, 2.24) is 19.5 Å². The third kappa shape index (κ3) is 9.33. The number of hydrogen-bond donors (Lipinski definition) is 7. The Labute approximate surface area is 296 Å². The maximum absolute atomic E-state index is 12.4. The molecule has 3 aromatic rings. The minimum atomic E-state index is -5.84. The molecule has 2 fully saturated rings. The van der Waals surface area contributed by atoms with Gasteiger partial charge < -0.3 is 64.9 Å². The summed E-state index contributed by atoms with van der Waals surface area (Å²) in [5, 5.41) is 31.4. The Morgan fingerprint density at radius 1 is 1.00 bits per heavy atom. The van der Waals surface area contributed by atoms with Crippen molar-refractivity contribution in [2.75, 3.05) is 18.9 Å². The summed E-state index contributed by atoms with van der Waals surface area (Å²) in [6.45, 7) is -2.21. The molecule has 24 nitrogen and oxygen atoms in total. The largest absolute Gasteiger partial charge is 0.756 e. The smallest absolute Gasteiger partial charge is 0.470 e. The molecule has 0 aliphatic carbocycles. The number of nitrogens with two attached hydrogens (primary N) is 2. The number of carbonyl (C=O) groups excluding carboxylic acids is 1. The number of fused-ring (bicyclic) bond motifs is 1. The minimum absolute atomic E-state index is 0. The Morgan fingerprint density at radius 3 is 2.24 bits per heavy atom. The number of rotatable bonds is 13. The van der Waals surface area contributed by atoms with Crippen molar-refractivity contribution in [2.45, 2.75) is 49.1 Å². The molecule has 2 aliphatic heterocycles. The summed E-state index contributed by atoms with van der Waals surface area (Å²) in [6.07, 6.45) is -8.80. The van der Waals surface area contributed by atoms with E-state index in [0.29, 0.717) is 0 Å². The number of phosphoric acid groups is 3. The van der Waals surface area contributed by atoms with Gasteiger partial charge in [0.05, 0.1) is 19.5 Å². The van der Waals surface area contributed by atoms with Gasteiger partial charge in [-0.25, -0.2) is 23.8 Å². The molecule has 9 N–H and O–H groups in total. The third-order valence-electron chi connectivity index (χ3n) is 6.96. The molecule has 49 heavy (non-hydrogen) atoms. The van der Waals surface area contributed by atoms with Crippen molar-refractivity contribution in [3.63, 3.8) is 0 Å². The summed E-state index contributed by atoms with van der Waals surface area (Å²) in [6, 6.07) is 2.76. The van der Waals surface area contributed by atoms with Crippen LogP contribution in [0, 0.1) is 0 Å². The minimum Gasteiger partial charge on any atom is -0.756 e. The van der Waals surface area contributed by atoms with Crippen LogP contribution in [0.4, 0.5) is 5.82 Å². The number of amides is 1. The van der Waals surface area contributed by atoms with Crippen molar-refractivity contribution in [3.05, 3.63) is 42.7 Å². The molecule has 5 heterocycles. The van der Waals surface area contributed by atoms with Crippen LogP contribution in [0.5, 0.6) is 0 Å². The van der Waals surface area contributed by atoms with Gasteiger partial charge in [0.1, 0.15) is 47.9 Å². The molecule has 2 aliphatic rings. The molecule has 0 bridgehead atoms. The number of aliphatic hydroxyl groups excluding tert-OH is 3. The number of nitrogen functional groups attached to an aromatic ring is 1. The van der Waals surface area contributed by atoms with Crippen molar-refractivity contribution in [2.24, 2.45) is 5.73 Å². The molecule has 2 saturated heterocycles. The third-order valence-corrected chi connectivity index (χ3v) is 10.0. The van der Waals surface area contributed by atoms with Crippen molar-refractivity contribution < 1.29 is 85.3 Å². The fourth-order valence-electron chi connectivity index (χ4n) is 4.82. The molecule has 2 unspecified atom stereocenters.